The van der Waals surface area contributed by atoms with Gasteiger partial charge in [-0.2, -0.15) is 0 Å². The van der Waals surface area contributed by atoms with Crippen molar-refractivity contribution in [3.63, 3.8) is 0 Å². The maximum atomic E-state index is 3.10. The third kappa shape index (κ3) is 5.44. The van der Waals surface area contributed by atoms with Crippen molar-refractivity contribution in [2.75, 3.05) is 25.4 Å². The predicted molar refractivity (Wildman–Crippen MR) is 145 cm³/mol. The molecular formula is C22H45N2PSi4. The Morgan fingerprint density at radius 2 is 0.966 bits per heavy atom. The van der Waals surface area contributed by atoms with E-state index < -0.39 is 32.9 Å². The lowest BCUT2D eigenvalue weighted by molar-refractivity contribution is 0.658. The molecule has 2 aliphatic heterocycles. The number of rotatable bonds is 7. The molecular weight excluding hydrogens is 436 g/mol. The molecule has 2 saturated heterocycles. The normalized spacial score (nSPS) is 25.7. The topological polar surface area (TPSA) is 6.48 Å². The van der Waals surface area contributed by atoms with Crippen LogP contribution in [0.25, 0.3) is 0 Å². The van der Waals surface area contributed by atoms with Crippen LogP contribution in [0.15, 0.2) is 30.3 Å². The Balaban J connectivity index is 1.73. The van der Waals surface area contributed by atoms with Crippen LogP contribution in [-0.4, -0.2) is 66.8 Å². The summed E-state index contributed by atoms with van der Waals surface area (Å²) in [7, 11) is -4.68. The van der Waals surface area contributed by atoms with Gasteiger partial charge in [0.1, 0.15) is 32.9 Å². The number of nitrogens with zero attached hydrogens (tertiary/aromatic N) is 2. The van der Waals surface area contributed by atoms with E-state index in [1.165, 1.54) is 49.6 Å². The summed E-state index contributed by atoms with van der Waals surface area (Å²) in [4.78, 5) is 0. The Hall–Kier alpha value is 0.438. The van der Waals surface area contributed by atoms with Crippen molar-refractivity contribution in [2.45, 2.75) is 76.6 Å². The highest BCUT2D eigenvalue weighted by Gasteiger charge is 2.48. The Kier molecular flexibility index (Phi) is 7.28. The fraction of sp³-hybridized carbons (Fsp3) is 0.727. The van der Waals surface area contributed by atoms with Crippen molar-refractivity contribution in [1.82, 2.24) is 8.46 Å². The third-order valence-electron chi connectivity index (χ3n) is 7.93. The minimum Gasteiger partial charge on any atom is -0.345 e. The van der Waals surface area contributed by atoms with Crippen LogP contribution >= 0.6 is 7.92 Å². The molecule has 0 bridgehead atoms. The van der Waals surface area contributed by atoms with E-state index in [4.69, 9.17) is 0 Å². The molecule has 0 spiro atoms. The minimum atomic E-state index is -1.16. The van der Waals surface area contributed by atoms with Gasteiger partial charge in [-0.05, 0) is 54.9 Å². The van der Waals surface area contributed by atoms with Crippen LogP contribution in [0.2, 0.25) is 76.6 Å². The first-order valence-corrected chi connectivity index (χ1v) is 26.0. The average Bonchev–Trinajstić information content (AvgIpc) is 2.97. The maximum absolute atomic E-state index is 3.10. The molecule has 0 N–H and O–H groups in total. The summed E-state index contributed by atoms with van der Waals surface area (Å²) in [5.41, 5.74) is 0. The van der Waals surface area contributed by atoms with Gasteiger partial charge in [-0.15, -0.1) is 0 Å². The highest BCUT2D eigenvalue weighted by Crippen LogP contribution is 2.42. The summed E-state index contributed by atoms with van der Waals surface area (Å²) >= 11 is 0. The molecule has 0 atom stereocenters. The number of hydrogen-bond acceptors (Lipinski definition) is 2. The molecule has 0 aliphatic carbocycles. The second kappa shape index (κ2) is 8.76. The van der Waals surface area contributed by atoms with E-state index in [9.17, 15) is 0 Å². The summed E-state index contributed by atoms with van der Waals surface area (Å²) in [6.07, 6.45) is 2.84. The molecule has 0 aromatic heterocycles. The molecule has 0 radical (unpaired) electrons. The van der Waals surface area contributed by atoms with Crippen LogP contribution in [0.3, 0.4) is 0 Å². The van der Waals surface area contributed by atoms with E-state index in [0.717, 1.165) is 0 Å². The van der Waals surface area contributed by atoms with Gasteiger partial charge in [0, 0.05) is 0 Å². The highest BCUT2D eigenvalue weighted by molar-refractivity contribution is 7.65. The zero-order chi connectivity index (χ0) is 21.5. The summed E-state index contributed by atoms with van der Waals surface area (Å²) < 4.78 is 6.21. The van der Waals surface area contributed by atoms with E-state index in [-0.39, 0.29) is 7.92 Å². The highest BCUT2D eigenvalue weighted by atomic mass is 31.1. The van der Waals surface area contributed by atoms with Crippen molar-refractivity contribution < 1.29 is 0 Å². The molecule has 164 valence electrons. The van der Waals surface area contributed by atoms with Gasteiger partial charge in [-0.25, -0.2) is 0 Å². The van der Waals surface area contributed by atoms with Crippen molar-refractivity contribution in [3.8, 4) is 0 Å². The lowest BCUT2D eigenvalue weighted by Crippen LogP contribution is -2.56. The zero-order valence-corrected chi connectivity index (χ0v) is 25.3. The quantitative estimate of drug-likeness (QED) is 0.336. The SMILES string of the molecule is C[Si]1(C)CC[Si](C)(C)N1CCP(CCN1[Si](C)(C)CC[Si]1(C)C)c1ccccc1. The van der Waals surface area contributed by atoms with Gasteiger partial charge < -0.3 is 8.46 Å². The molecule has 0 amide bonds. The lowest BCUT2D eigenvalue weighted by atomic mass is 10.4. The maximum Gasteiger partial charge on any atom is 0.115 e. The molecule has 3 rings (SSSR count). The molecule has 2 nitrogen and oxygen atoms in total. The van der Waals surface area contributed by atoms with Crippen LogP contribution in [0.1, 0.15) is 0 Å². The fourth-order valence-corrected chi connectivity index (χ4v) is 37.2. The molecule has 0 saturated carbocycles. The molecule has 0 unspecified atom stereocenters. The zero-order valence-electron chi connectivity index (χ0n) is 20.4. The van der Waals surface area contributed by atoms with Crippen LogP contribution in [0.4, 0.5) is 0 Å². The minimum absolute atomic E-state index is 0.0483. The van der Waals surface area contributed by atoms with Gasteiger partial charge in [0.15, 0.2) is 0 Å². The molecule has 1 aromatic carbocycles. The van der Waals surface area contributed by atoms with Crippen molar-refractivity contribution in [2.24, 2.45) is 0 Å². The lowest BCUT2D eigenvalue weighted by Gasteiger charge is -2.41. The van der Waals surface area contributed by atoms with Crippen molar-refractivity contribution >= 4 is 46.2 Å². The third-order valence-corrected chi connectivity index (χ3v) is 31.3. The first-order chi connectivity index (χ1) is 13.4. The Morgan fingerprint density at radius 3 is 1.31 bits per heavy atom. The van der Waals surface area contributed by atoms with Crippen LogP contribution in [0.5, 0.6) is 0 Å². The van der Waals surface area contributed by atoms with E-state index in [2.05, 4.69) is 91.2 Å². The van der Waals surface area contributed by atoms with E-state index in [1.807, 2.05) is 0 Å². The van der Waals surface area contributed by atoms with Crippen molar-refractivity contribution in [3.05, 3.63) is 30.3 Å². The van der Waals surface area contributed by atoms with Gasteiger partial charge in [0.05, 0.1) is 0 Å². The molecule has 2 fully saturated rings. The van der Waals surface area contributed by atoms with Gasteiger partial charge in [-0.3, -0.25) is 0 Å². The summed E-state index contributed by atoms with van der Waals surface area (Å²) in [5, 5.41) is 1.65. The van der Waals surface area contributed by atoms with E-state index in [1.54, 1.807) is 5.30 Å². The first kappa shape index (κ1) is 24.1. The second-order valence-corrected chi connectivity index (χ2v) is 33.9. The first-order valence-electron chi connectivity index (χ1n) is 11.7. The Bertz CT molecular complexity index is 621. The largest absolute Gasteiger partial charge is 0.345 e. The molecule has 2 heterocycles. The summed E-state index contributed by atoms with van der Waals surface area (Å²) in [5.74, 6) is 0. The van der Waals surface area contributed by atoms with Gasteiger partial charge in [0.2, 0.25) is 0 Å². The standard InChI is InChI=1S/C22H45N2PSi4/c1-26(2)18-19-27(3,4)23(26)14-16-25(22-12-10-9-11-13-22)17-15-24-28(5,6)20-21-29(24,7)8/h9-13H,14-21H2,1-8H3. The molecule has 7 heteroatoms. The Labute approximate surface area is 186 Å². The van der Waals surface area contributed by atoms with Crippen LogP contribution < -0.4 is 5.30 Å². The molecule has 2 aliphatic rings. The Morgan fingerprint density at radius 1 is 0.621 bits per heavy atom. The predicted octanol–water partition coefficient (Wildman–Crippen LogP) is 6.25. The summed E-state index contributed by atoms with van der Waals surface area (Å²) in [6, 6.07) is 17.7. The smallest absolute Gasteiger partial charge is 0.115 e. The number of hydrogen-bond donors (Lipinski definition) is 0. The van der Waals surface area contributed by atoms with Gasteiger partial charge >= 0.3 is 0 Å². The number of benzene rings is 1. The monoisotopic (exact) mass is 480 g/mol. The van der Waals surface area contributed by atoms with E-state index >= 15 is 0 Å². The fourth-order valence-electron chi connectivity index (χ4n) is 6.06. The summed E-state index contributed by atoms with van der Waals surface area (Å²) in [6.45, 7) is 23.8. The van der Waals surface area contributed by atoms with Gasteiger partial charge in [0.25, 0.3) is 0 Å². The van der Waals surface area contributed by atoms with Crippen LogP contribution in [-0.2, 0) is 0 Å². The second-order valence-electron chi connectivity index (χ2n) is 11.9. The van der Waals surface area contributed by atoms with E-state index in [0.29, 0.717) is 0 Å². The average molecular weight is 481 g/mol. The molecule has 1 aromatic rings. The van der Waals surface area contributed by atoms with Crippen LogP contribution in [0, 0.1) is 0 Å². The van der Waals surface area contributed by atoms with Gasteiger partial charge in [-0.1, -0.05) is 90.6 Å². The van der Waals surface area contributed by atoms with Crippen molar-refractivity contribution in [1.29, 1.82) is 0 Å². The molecule has 29 heavy (non-hydrogen) atoms.